The Morgan fingerprint density at radius 1 is 1.20 bits per heavy atom. The van der Waals surface area contributed by atoms with Crippen LogP contribution in [0.4, 0.5) is 4.39 Å². The number of benzene rings is 1. The lowest BCUT2D eigenvalue weighted by Gasteiger charge is -2.24. The molecule has 1 saturated heterocycles. The number of nitrogens with zero attached hydrogens (tertiary/aromatic N) is 2. The van der Waals surface area contributed by atoms with E-state index in [-0.39, 0.29) is 17.1 Å². The zero-order valence-corrected chi connectivity index (χ0v) is 11.5. The summed E-state index contributed by atoms with van der Waals surface area (Å²) in [6, 6.07) is 10.2. The fourth-order valence-electron chi connectivity index (χ4n) is 2.21. The van der Waals surface area contributed by atoms with Crippen molar-refractivity contribution in [3.8, 4) is 0 Å². The predicted molar refractivity (Wildman–Crippen MR) is 76.4 cm³/mol. The molecule has 1 fully saturated rings. The molecule has 1 aliphatic heterocycles. The predicted octanol–water partition coefficient (Wildman–Crippen LogP) is 2.99. The third-order valence-electron chi connectivity index (χ3n) is 3.23. The fourth-order valence-corrected chi connectivity index (χ4v) is 3.40. The van der Waals surface area contributed by atoms with Crippen LogP contribution in [0.3, 0.4) is 0 Å². The number of rotatable bonds is 3. The summed E-state index contributed by atoms with van der Waals surface area (Å²) in [4.78, 5) is 17.8. The summed E-state index contributed by atoms with van der Waals surface area (Å²) in [6.07, 6.45) is 3.44. The second kappa shape index (κ2) is 5.63. The number of hydrogen-bond acceptors (Lipinski definition) is 3. The smallest absolute Gasteiger partial charge is 0.234 e. The molecule has 102 valence electrons. The molecule has 2 aromatic rings. The van der Waals surface area contributed by atoms with E-state index in [9.17, 15) is 9.18 Å². The second-order valence-corrected chi connectivity index (χ2v) is 5.66. The molecule has 1 aliphatic rings. The lowest BCUT2D eigenvalue weighted by Crippen LogP contribution is -2.27. The van der Waals surface area contributed by atoms with Crippen molar-refractivity contribution in [1.82, 2.24) is 9.88 Å². The van der Waals surface area contributed by atoms with Crippen LogP contribution in [0.1, 0.15) is 16.5 Å². The maximum Gasteiger partial charge on any atom is 0.234 e. The molecule has 0 bridgehead atoms. The second-order valence-electron chi connectivity index (χ2n) is 4.59. The van der Waals surface area contributed by atoms with Gasteiger partial charge < -0.3 is 4.90 Å². The molecule has 1 atom stereocenters. The minimum absolute atomic E-state index is 0.0451. The molecule has 0 saturated carbocycles. The van der Waals surface area contributed by atoms with E-state index in [0.717, 1.165) is 11.1 Å². The van der Waals surface area contributed by atoms with E-state index in [1.165, 1.54) is 12.1 Å². The number of pyridine rings is 1. The van der Waals surface area contributed by atoms with Crippen LogP contribution in [-0.2, 0) is 11.3 Å². The summed E-state index contributed by atoms with van der Waals surface area (Å²) in [5, 5.41) is -0.0451. The van der Waals surface area contributed by atoms with E-state index in [1.54, 1.807) is 36.3 Å². The minimum atomic E-state index is -0.260. The van der Waals surface area contributed by atoms with E-state index >= 15 is 0 Å². The molecule has 0 radical (unpaired) electrons. The van der Waals surface area contributed by atoms with Crippen molar-refractivity contribution < 1.29 is 9.18 Å². The Kier molecular flexibility index (Phi) is 3.69. The van der Waals surface area contributed by atoms with Crippen LogP contribution in [0.2, 0.25) is 0 Å². The molecule has 0 spiro atoms. The van der Waals surface area contributed by atoms with Crippen LogP contribution >= 0.6 is 11.8 Å². The van der Waals surface area contributed by atoms with E-state index in [4.69, 9.17) is 0 Å². The molecule has 5 heteroatoms. The van der Waals surface area contributed by atoms with Crippen molar-refractivity contribution in [3.05, 3.63) is 65.7 Å². The van der Waals surface area contributed by atoms with E-state index in [2.05, 4.69) is 4.98 Å². The number of hydrogen-bond donors (Lipinski definition) is 0. The largest absolute Gasteiger partial charge is 0.322 e. The van der Waals surface area contributed by atoms with Gasteiger partial charge in [-0.15, -0.1) is 11.8 Å². The van der Waals surface area contributed by atoms with Gasteiger partial charge in [-0.3, -0.25) is 9.78 Å². The molecule has 3 rings (SSSR count). The van der Waals surface area contributed by atoms with Gasteiger partial charge in [-0.05, 0) is 35.4 Å². The van der Waals surface area contributed by atoms with Crippen LogP contribution in [0, 0.1) is 5.82 Å². The van der Waals surface area contributed by atoms with Crippen molar-refractivity contribution in [2.75, 3.05) is 5.75 Å². The summed E-state index contributed by atoms with van der Waals surface area (Å²) in [7, 11) is 0. The number of thioether (sulfide) groups is 1. The molecule has 1 unspecified atom stereocenters. The lowest BCUT2D eigenvalue weighted by atomic mass is 10.2. The summed E-state index contributed by atoms with van der Waals surface area (Å²) >= 11 is 1.58. The lowest BCUT2D eigenvalue weighted by molar-refractivity contribution is -0.128. The van der Waals surface area contributed by atoms with Gasteiger partial charge in [-0.1, -0.05) is 12.1 Å². The standard InChI is InChI=1S/C15H13FN2OS/c16-13-3-1-12(2-4-13)15-18(14(19)10-20-15)9-11-5-7-17-8-6-11/h1-8,15H,9-10H2. The van der Waals surface area contributed by atoms with Gasteiger partial charge in [0.2, 0.25) is 5.91 Å². The molecular weight excluding hydrogens is 275 g/mol. The van der Waals surface area contributed by atoms with E-state index in [0.29, 0.717) is 12.3 Å². The van der Waals surface area contributed by atoms with Crippen LogP contribution in [0.25, 0.3) is 0 Å². The normalized spacial score (nSPS) is 18.6. The highest BCUT2D eigenvalue weighted by atomic mass is 32.2. The number of amides is 1. The molecule has 1 amide bonds. The van der Waals surface area contributed by atoms with Crippen molar-refractivity contribution in [1.29, 1.82) is 0 Å². The maximum atomic E-state index is 13.0. The van der Waals surface area contributed by atoms with Gasteiger partial charge in [-0.25, -0.2) is 4.39 Å². The molecule has 2 heterocycles. The first kappa shape index (κ1) is 13.1. The zero-order valence-electron chi connectivity index (χ0n) is 10.7. The summed E-state index contributed by atoms with van der Waals surface area (Å²) in [5.74, 6) is 0.317. The SMILES string of the molecule is O=C1CSC(c2ccc(F)cc2)N1Cc1ccncc1. The van der Waals surface area contributed by atoms with Gasteiger partial charge in [0.1, 0.15) is 11.2 Å². The third-order valence-corrected chi connectivity index (χ3v) is 4.48. The highest BCUT2D eigenvalue weighted by Crippen LogP contribution is 2.39. The van der Waals surface area contributed by atoms with Gasteiger partial charge >= 0.3 is 0 Å². The Morgan fingerprint density at radius 2 is 1.90 bits per heavy atom. The topological polar surface area (TPSA) is 33.2 Å². The molecule has 3 nitrogen and oxygen atoms in total. The van der Waals surface area contributed by atoms with Gasteiger partial charge in [0.05, 0.1) is 5.75 Å². The summed E-state index contributed by atoms with van der Waals surface area (Å²) < 4.78 is 13.0. The number of carbonyl (C=O) groups excluding carboxylic acids is 1. The van der Waals surface area contributed by atoms with Crippen molar-refractivity contribution in [3.63, 3.8) is 0 Å². The Hall–Kier alpha value is -1.88. The Labute approximate surface area is 120 Å². The summed E-state index contributed by atoms with van der Waals surface area (Å²) in [6.45, 7) is 0.552. The third kappa shape index (κ3) is 2.67. The van der Waals surface area contributed by atoms with Crippen LogP contribution in [-0.4, -0.2) is 21.5 Å². The van der Waals surface area contributed by atoms with Gasteiger partial charge in [-0.2, -0.15) is 0 Å². The molecule has 20 heavy (non-hydrogen) atoms. The van der Waals surface area contributed by atoms with Crippen LogP contribution in [0.5, 0.6) is 0 Å². The molecule has 0 N–H and O–H groups in total. The van der Waals surface area contributed by atoms with Gasteiger partial charge in [0.25, 0.3) is 0 Å². The zero-order chi connectivity index (χ0) is 13.9. The number of aromatic nitrogens is 1. The van der Waals surface area contributed by atoms with Gasteiger partial charge in [0, 0.05) is 18.9 Å². The van der Waals surface area contributed by atoms with Crippen molar-refractivity contribution in [2.24, 2.45) is 0 Å². The summed E-state index contributed by atoms with van der Waals surface area (Å²) in [5.41, 5.74) is 2.00. The molecule has 0 aliphatic carbocycles. The monoisotopic (exact) mass is 288 g/mol. The van der Waals surface area contributed by atoms with Crippen molar-refractivity contribution >= 4 is 17.7 Å². The van der Waals surface area contributed by atoms with E-state index in [1.807, 2.05) is 17.0 Å². The Bertz CT molecular complexity index is 603. The average Bonchev–Trinajstić information content (AvgIpc) is 2.83. The molecule has 1 aromatic carbocycles. The first-order valence-electron chi connectivity index (χ1n) is 6.29. The van der Waals surface area contributed by atoms with Crippen LogP contribution in [0.15, 0.2) is 48.8 Å². The minimum Gasteiger partial charge on any atom is -0.322 e. The highest BCUT2D eigenvalue weighted by Gasteiger charge is 2.32. The Balaban J connectivity index is 1.83. The Morgan fingerprint density at radius 3 is 2.60 bits per heavy atom. The van der Waals surface area contributed by atoms with E-state index < -0.39 is 0 Å². The quantitative estimate of drug-likeness (QED) is 0.870. The first-order valence-corrected chi connectivity index (χ1v) is 7.34. The van der Waals surface area contributed by atoms with Crippen LogP contribution < -0.4 is 0 Å². The number of carbonyl (C=O) groups is 1. The fraction of sp³-hybridized carbons (Fsp3) is 0.200. The highest BCUT2D eigenvalue weighted by molar-refractivity contribution is 8.00. The van der Waals surface area contributed by atoms with Crippen molar-refractivity contribution in [2.45, 2.75) is 11.9 Å². The molecule has 1 aromatic heterocycles. The van der Waals surface area contributed by atoms with Gasteiger partial charge in [0.15, 0.2) is 0 Å². The number of halogens is 1. The maximum absolute atomic E-state index is 13.0. The average molecular weight is 288 g/mol. The first-order chi connectivity index (χ1) is 9.74. The molecular formula is C15H13FN2OS.